The predicted molar refractivity (Wildman–Crippen MR) is 82.9 cm³/mol. The van der Waals surface area contributed by atoms with Crippen LogP contribution in [0.25, 0.3) is 0 Å². The number of fused-ring (bicyclic) bond motifs is 2. The van der Waals surface area contributed by atoms with E-state index in [1.165, 1.54) is 17.5 Å². The molecule has 2 aliphatic rings. The summed E-state index contributed by atoms with van der Waals surface area (Å²) in [5.41, 5.74) is 2.50. The van der Waals surface area contributed by atoms with E-state index in [1.54, 1.807) is 16.6 Å². The Labute approximate surface area is 130 Å². The maximum Gasteiger partial charge on any atom is 0.243 e. The molecule has 0 N–H and O–H groups in total. The third-order valence-electron chi connectivity index (χ3n) is 4.67. The van der Waals surface area contributed by atoms with Crippen molar-refractivity contribution in [2.24, 2.45) is 0 Å². The summed E-state index contributed by atoms with van der Waals surface area (Å²) in [5.74, 6) is 0.813. The summed E-state index contributed by atoms with van der Waals surface area (Å²) in [6.07, 6.45) is 8.04. The van der Waals surface area contributed by atoms with E-state index in [9.17, 15) is 8.42 Å². The zero-order valence-corrected chi connectivity index (χ0v) is 13.2. The third-order valence-corrected chi connectivity index (χ3v) is 6.51. The summed E-state index contributed by atoms with van der Waals surface area (Å²) in [5, 5.41) is 0. The van der Waals surface area contributed by atoms with Gasteiger partial charge in [0, 0.05) is 25.5 Å². The fourth-order valence-corrected chi connectivity index (χ4v) is 4.81. The molecule has 2 aromatic rings. The van der Waals surface area contributed by atoms with Gasteiger partial charge >= 0.3 is 0 Å². The number of aromatic nitrogens is 2. The van der Waals surface area contributed by atoms with Gasteiger partial charge in [0.25, 0.3) is 0 Å². The Morgan fingerprint density at radius 2 is 1.86 bits per heavy atom. The molecule has 0 saturated carbocycles. The number of nitrogens with zero attached hydrogens (tertiary/aromatic N) is 3. The Morgan fingerprint density at radius 3 is 2.73 bits per heavy atom. The van der Waals surface area contributed by atoms with Gasteiger partial charge in [-0.2, -0.15) is 4.31 Å². The molecular weight excluding hydrogens is 298 g/mol. The van der Waals surface area contributed by atoms with Crippen molar-refractivity contribution in [3.05, 3.63) is 47.5 Å². The van der Waals surface area contributed by atoms with Gasteiger partial charge in [0.15, 0.2) is 0 Å². The van der Waals surface area contributed by atoms with Gasteiger partial charge < -0.3 is 4.57 Å². The summed E-state index contributed by atoms with van der Waals surface area (Å²) < 4.78 is 29.3. The van der Waals surface area contributed by atoms with Crippen LogP contribution in [0.15, 0.2) is 35.5 Å². The summed E-state index contributed by atoms with van der Waals surface area (Å²) in [7, 11) is -3.44. The number of imidazole rings is 1. The normalized spacial score (nSPS) is 18.7. The molecule has 0 saturated heterocycles. The third kappa shape index (κ3) is 2.27. The van der Waals surface area contributed by atoms with Gasteiger partial charge in [-0.1, -0.05) is 6.07 Å². The summed E-state index contributed by atoms with van der Waals surface area (Å²) in [4.78, 5) is 4.67. The van der Waals surface area contributed by atoms with E-state index in [4.69, 9.17) is 0 Å². The monoisotopic (exact) mass is 317 g/mol. The van der Waals surface area contributed by atoms with Crippen LogP contribution < -0.4 is 0 Å². The second-order valence-corrected chi connectivity index (χ2v) is 7.95. The zero-order chi connectivity index (χ0) is 15.2. The number of benzene rings is 1. The molecular formula is C16H19N3O2S. The number of rotatable bonds is 2. The average molecular weight is 317 g/mol. The first-order chi connectivity index (χ1) is 10.6. The standard InChI is InChI=1S/C16H19N3O2S/c20-22(21,19-10-9-18-8-7-17-16(18)12-19)15-6-5-13-3-1-2-4-14(13)11-15/h5-8,11H,1-4,9-10,12H2. The van der Waals surface area contributed by atoms with E-state index < -0.39 is 10.0 Å². The zero-order valence-electron chi connectivity index (χ0n) is 12.4. The molecule has 1 aromatic heterocycles. The largest absolute Gasteiger partial charge is 0.333 e. The number of hydrogen-bond donors (Lipinski definition) is 0. The molecule has 1 aromatic carbocycles. The van der Waals surface area contributed by atoms with Crippen molar-refractivity contribution in [3.63, 3.8) is 0 Å². The molecule has 0 radical (unpaired) electrons. The first-order valence-electron chi connectivity index (χ1n) is 7.76. The lowest BCUT2D eigenvalue weighted by molar-refractivity contribution is 0.335. The molecule has 116 valence electrons. The summed E-state index contributed by atoms with van der Waals surface area (Å²) in [6, 6.07) is 5.64. The molecule has 1 aliphatic heterocycles. The number of sulfonamides is 1. The minimum absolute atomic E-state index is 0.354. The fourth-order valence-electron chi connectivity index (χ4n) is 3.38. The van der Waals surface area contributed by atoms with Gasteiger partial charge in [-0.15, -0.1) is 0 Å². The van der Waals surface area contributed by atoms with E-state index in [1.807, 2.05) is 22.9 Å². The predicted octanol–water partition coefficient (Wildman–Crippen LogP) is 1.97. The van der Waals surface area contributed by atoms with Crippen molar-refractivity contribution in [2.75, 3.05) is 6.54 Å². The minimum Gasteiger partial charge on any atom is -0.333 e. The molecule has 6 heteroatoms. The smallest absolute Gasteiger partial charge is 0.243 e. The summed E-state index contributed by atoms with van der Waals surface area (Å²) in [6.45, 7) is 1.52. The van der Waals surface area contributed by atoms with Crippen LogP contribution >= 0.6 is 0 Å². The van der Waals surface area contributed by atoms with Crippen molar-refractivity contribution < 1.29 is 8.42 Å². The van der Waals surface area contributed by atoms with Crippen LogP contribution in [0.4, 0.5) is 0 Å². The van der Waals surface area contributed by atoms with Gasteiger partial charge in [0.1, 0.15) is 5.82 Å². The molecule has 0 bridgehead atoms. The molecule has 0 spiro atoms. The van der Waals surface area contributed by atoms with Crippen LogP contribution in [0.5, 0.6) is 0 Å². The molecule has 5 nitrogen and oxygen atoms in total. The van der Waals surface area contributed by atoms with Gasteiger partial charge in [-0.3, -0.25) is 0 Å². The lowest BCUT2D eigenvalue weighted by atomic mass is 9.92. The van der Waals surface area contributed by atoms with Crippen LogP contribution in [0, 0.1) is 0 Å². The molecule has 1 aliphatic carbocycles. The van der Waals surface area contributed by atoms with Gasteiger partial charge in [0.2, 0.25) is 10.0 Å². The van der Waals surface area contributed by atoms with E-state index >= 15 is 0 Å². The van der Waals surface area contributed by atoms with Crippen molar-refractivity contribution in [2.45, 2.75) is 43.7 Å². The highest BCUT2D eigenvalue weighted by Gasteiger charge is 2.29. The second-order valence-electron chi connectivity index (χ2n) is 6.01. The highest BCUT2D eigenvalue weighted by molar-refractivity contribution is 7.89. The van der Waals surface area contributed by atoms with Crippen LogP contribution in [0.1, 0.15) is 29.8 Å². The summed E-state index contributed by atoms with van der Waals surface area (Å²) >= 11 is 0. The maximum absolute atomic E-state index is 12.9. The lowest BCUT2D eigenvalue weighted by Gasteiger charge is -2.27. The molecule has 2 heterocycles. The Morgan fingerprint density at radius 1 is 1.05 bits per heavy atom. The van der Waals surface area contributed by atoms with Gasteiger partial charge in [-0.05, 0) is 48.9 Å². The average Bonchev–Trinajstić information content (AvgIpc) is 3.02. The molecule has 0 amide bonds. The van der Waals surface area contributed by atoms with Crippen molar-refractivity contribution >= 4 is 10.0 Å². The molecule has 0 unspecified atom stereocenters. The first kappa shape index (κ1) is 14.0. The highest BCUT2D eigenvalue weighted by atomic mass is 32.2. The van der Waals surface area contributed by atoms with Crippen LogP contribution in [0.3, 0.4) is 0 Å². The van der Waals surface area contributed by atoms with E-state index in [-0.39, 0.29) is 0 Å². The van der Waals surface area contributed by atoms with Crippen molar-refractivity contribution in [3.8, 4) is 0 Å². The first-order valence-corrected chi connectivity index (χ1v) is 9.20. The Bertz CT molecular complexity index is 811. The van der Waals surface area contributed by atoms with E-state index in [2.05, 4.69) is 4.98 Å². The van der Waals surface area contributed by atoms with E-state index in [0.29, 0.717) is 24.5 Å². The second kappa shape index (κ2) is 5.21. The van der Waals surface area contributed by atoms with Gasteiger partial charge in [0.05, 0.1) is 11.4 Å². The minimum atomic E-state index is -3.44. The molecule has 4 rings (SSSR count). The Hall–Kier alpha value is -1.66. The molecule has 0 atom stereocenters. The van der Waals surface area contributed by atoms with E-state index in [0.717, 1.165) is 25.1 Å². The van der Waals surface area contributed by atoms with Crippen LogP contribution in [-0.4, -0.2) is 28.8 Å². The van der Waals surface area contributed by atoms with Gasteiger partial charge in [-0.25, -0.2) is 13.4 Å². The Kier molecular flexibility index (Phi) is 3.31. The maximum atomic E-state index is 12.9. The van der Waals surface area contributed by atoms with Crippen LogP contribution in [0.2, 0.25) is 0 Å². The molecule has 0 fully saturated rings. The lowest BCUT2D eigenvalue weighted by Crippen LogP contribution is -2.38. The van der Waals surface area contributed by atoms with Crippen molar-refractivity contribution in [1.82, 2.24) is 13.9 Å². The number of hydrogen-bond acceptors (Lipinski definition) is 3. The molecule has 22 heavy (non-hydrogen) atoms. The quantitative estimate of drug-likeness (QED) is 0.851. The van der Waals surface area contributed by atoms with Crippen molar-refractivity contribution in [1.29, 1.82) is 0 Å². The fraction of sp³-hybridized carbons (Fsp3) is 0.438. The topological polar surface area (TPSA) is 55.2 Å². The van der Waals surface area contributed by atoms with Crippen LogP contribution in [-0.2, 0) is 36.0 Å². The highest BCUT2D eigenvalue weighted by Crippen LogP contribution is 2.27. The number of aryl methyl sites for hydroxylation is 2. The SMILES string of the molecule is O=S(=O)(c1ccc2c(c1)CCCC2)N1CCn2ccnc2C1. The Balaban J connectivity index is 1.66.